The molecule has 0 aliphatic heterocycles. The lowest BCUT2D eigenvalue weighted by molar-refractivity contribution is 0.236. The van der Waals surface area contributed by atoms with Crippen molar-refractivity contribution < 1.29 is 4.42 Å². The molecule has 4 rings (SSSR count). The van der Waals surface area contributed by atoms with Crippen LogP contribution >= 0.6 is 22.7 Å². The van der Waals surface area contributed by atoms with Crippen LogP contribution in [-0.2, 0) is 19.5 Å². The van der Waals surface area contributed by atoms with E-state index in [4.69, 9.17) is 4.42 Å². The molecule has 0 N–H and O–H groups in total. The number of aromatic nitrogens is 2. The average molecular weight is 396 g/mol. The summed E-state index contributed by atoms with van der Waals surface area (Å²) in [5.74, 6) is 1.27. The van der Waals surface area contributed by atoms with Crippen LogP contribution in [0.3, 0.4) is 0 Å². The number of hydrogen-bond acceptors (Lipinski definition) is 6. The molecule has 6 heteroatoms. The van der Waals surface area contributed by atoms with E-state index in [0.29, 0.717) is 18.3 Å². The van der Waals surface area contributed by atoms with Gasteiger partial charge in [0.1, 0.15) is 0 Å². The summed E-state index contributed by atoms with van der Waals surface area (Å²) in [4.78, 5) is 6.09. The van der Waals surface area contributed by atoms with Crippen molar-refractivity contribution in [3.63, 3.8) is 0 Å². The maximum atomic E-state index is 5.90. The zero-order valence-corrected chi connectivity index (χ0v) is 16.8. The normalized spacial score (nSPS) is 11.3. The van der Waals surface area contributed by atoms with E-state index >= 15 is 0 Å². The second kappa shape index (κ2) is 8.61. The average Bonchev–Trinajstić information content (AvgIpc) is 3.43. The predicted octanol–water partition coefficient (Wildman–Crippen LogP) is 5.41. The lowest BCUT2D eigenvalue weighted by Gasteiger charge is -2.19. The molecule has 0 aliphatic carbocycles. The van der Waals surface area contributed by atoms with Gasteiger partial charge < -0.3 is 4.42 Å². The zero-order valence-electron chi connectivity index (χ0n) is 15.2. The van der Waals surface area contributed by atoms with E-state index in [1.165, 1.54) is 15.3 Å². The first-order valence-corrected chi connectivity index (χ1v) is 10.6. The molecule has 4 nitrogen and oxygen atoms in total. The van der Waals surface area contributed by atoms with Crippen LogP contribution in [0.15, 0.2) is 64.4 Å². The number of rotatable bonds is 8. The Hall–Kier alpha value is -2.28. The molecule has 0 fully saturated rings. The van der Waals surface area contributed by atoms with Crippen molar-refractivity contribution in [2.45, 2.75) is 26.4 Å². The van der Waals surface area contributed by atoms with Crippen LogP contribution in [0, 0.1) is 6.92 Å². The predicted molar refractivity (Wildman–Crippen MR) is 111 cm³/mol. The minimum absolute atomic E-state index is 0.606. The van der Waals surface area contributed by atoms with Gasteiger partial charge >= 0.3 is 0 Å². The molecule has 0 saturated carbocycles. The molecule has 0 atom stereocenters. The summed E-state index contributed by atoms with van der Waals surface area (Å²) in [6.45, 7) is 4.63. The van der Waals surface area contributed by atoms with Crippen LogP contribution in [0.2, 0.25) is 0 Å². The van der Waals surface area contributed by atoms with Crippen LogP contribution in [0.25, 0.3) is 10.8 Å². The van der Waals surface area contributed by atoms with Crippen molar-refractivity contribution in [2.24, 2.45) is 0 Å². The Morgan fingerprint density at radius 2 is 1.85 bits per heavy atom. The molecule has 4 aromatic rings. The topological polar surface area (TPSA) is 42.2 Å². The van der Waals surface area contributed by atoms with Crippen molar-refractivity contribution in [3.8, 4) is 10.8 Å². The largest absolute Gasteiger partial charge is 0.419 e. The molecular formula is C21H21N3OS2. The van der Waals surface area contributed by atoms with Gasteiger partial charge in [0.2, 0.25) is 5.89 Å². The van der Waals surface area contributed by atoms with Crippen molar-refractivity contribution in [3.05, 3.63) is 81.2 Å². The number of benzene rings is 1. The van der Waals surface area contributed by atoms with Crippen molar-refractivity contribution >= 4 is 22.7 Å². The molecular weight excluding hydrogens is 374 g/mol. The molecule has 3 aromatic heterocycles. The summed E-state index contributed by atoms with van der Waals surface area (Å²) in [5.41, 5.74) is 1.34. The van der Waals surface area contributed by atoms with Gasteiger partial charge in [0, 0.05) is 22.8 Å². The molecule has 138 valence electrons. The van der Waals surface area contributed by atoms with Gasteiger partial charge in [-0.1, -0.05) is 36.4 Å². The fourth-order valence-electron chi connectivity index (χ4n) is 2.95. The fraction of sp³-hybridized carbons (Fsp3) is 0.238. The standard InChI is InChI=1S/C21H21N3OS2/c1-16-9-10-18(27-16)14-24(12-11-17-6-3-2-4-7-17)15-20-22-23-21(25-20)19-8-5-13-26-19/h2-10,13H,11-12,14-15H2,1H3. The highest BCUT2D eigenvalue weighted by atomic mass is 32.1. The number of thiophene rings is 2. The van der Waals surface area contributed by atoms with E-state index in [1.807, 2.05) is 28.8 Å². The maximum absolute atomic E-state index is 5.90. The summed E-state index contributed by atoms with van der Waals surface area (Å²) in [6.07, 6.45) is 0.997. The minimum atomic E-state index is 0.606. The third-order valence-electron chi connectivity index (χ3n) is 4.29. The van der Waals surface area contributed by atoms with E-state index in [1.54, 1.807) is 11.3 Å². The Balaban J connectivity index is 1.46. The van der Waals surface area contributed by atoms with Gasteiger partial charge in [-0.3, -0.25) is 4.90 Å². The van der Waals surface area contributed by atoms with E-state index in [0.717, 1.165) is 24.4 Å². The van der Waals surface area contributed by atoms with Crippen LogP contribution in [0.1, 0.15) is 21.2 Å². The number of aryl methyl sites for hydroxylation is 1. The Morgan fingerprint density at radius 3 is 2.59 bits per heavy atom. The molecule has 3 heterocycles. The highest BCUT2D eigenvalue weighted by molar-refractivity contribution is 7.13. The fourth-order valence-corrected chi connectivity index (χ4v) is 4.52. The van der Waals surface area contributed by atoms with Gasteiger partial charge in [-0.2, -0.15) is 0 Å². The van der Waals surface area contributed by atoms with E-state index in [2.05, 4.69) is 64.5 Å². The van der Waals surface area contributed by atoms with Crippen molar-refractivity contribution in [1.82, 2.24) is 15.1 Å². The second-order valence-electron chi connectivity index (χ2n) is 6.44. The van der Waals surface area contributed by atoms with Crippen LogP contribution < -0.4 is 0 Å². The lowest BCUT2D eigenvalue weighted by Crippen LogP contribution is -2.25. The third kappa shape index (κ3) is 4.91. The Morgan fingerprint density at radius 1 is 0.963 bits per heavy atom. The minimum Gasteiger partial charge on any atom is -0.419 e. The maximum Gasteiger partial charge on any atom is 0.257 e. The lowest BCUT2D eigenvalue weighted by atomic mass is 10.1. The summed E-state index contributed by atoms with van der Waals surface area (Å²) in [5, 5.41) is 10.5. The monoisotopic (exact) mass is 395 g/mol. The van der Waals surface area contributed by atoms with E-state index in [9.17, 15) is 0 Å². The summed E-state index contributed by atoms with van der Waals surface area (Å²) in [7, 11) is 0. The molecule has 1 aromatic carbocycles. The molecule has 0 aliphatic rings. The van der Waals surface area contributed by atoms with Gasteiger partial charge in [-0.15, -0.1) is 32.9 Å². The summed E-state index contributed by atoms with van der Waals surface area (Å²) in [6, 6.07) is 19.0. The SMILES string of the molecule is Cc1ccc(CN(CCc2ccccc2)Cc2nnc(-c3cccs3)o2)s1. The molecule has 0 radical (unpaired) electrons. The number of nitrogens with zero attached hydrogens (tertiary/aromatic N) is 3. The molecule has 0 unspecified atom stereocenters. The van der Waals surface area contributed by atoms with Gasteiger partial charge in [-0.25, -0.2) is 0 Å². The first-order valence-electron chi connectivity index (χ1n) is 8.94. The third-order valence-corrected chi connectivity index (χ3v) is 6.14. The van der Waals surface area contributed by atoms with E-state index < -0.39 is 0 Å². The highest BCUT2D eigenvalue weighted by Crippen LogP contribution is 2.24. The molecule has 0 bridgehead atoms. The Labute approximate surface area is 167 Å². The van der Waals surface area contributed by atoms with Crippen LogP contribution in [0.5, 0.6) is 0 Å². The smallest absolute Gasteiger partial charge is 0.257 e. The first kappa shape index (κ1) is 18.1. The van der Waals surface area contributed by atoms with Gasteiger partial charge in [0.15, 0.2) is 0 Å². The highest BCUT2D eigenvalue weighted by Gasteiger charge is 2.15. The van der Waals surface area contributed by atoms with Gasteiger partial charge in [0.05, 0.1) is 11.4 Å². The molecule has 0 amide bonds. The van der Waals surface area contributed by atoms with Crippen LogP contribution in [-0.4, -0.2) is 21.6 Å². The van der Waals surface area contributed by atoms with Gasteiger partial charge in [0.25, 0.3) is 5.89 Å². The van der Waals surface area contributed by atoms with Crippen molar-refractivity contribution in [1.29, 1.82) is 0 Å². The first-order chi connectivity index (χ1) is 13.3. The number of hydrogen-bond donors (Lipinski definition) is 0. The molecule has 27 heavy (non-hydrogen) atoms. The summed E-state index contributed by atoms with van der Waals surface area (Å²) >= 11 is 3.46. The molecule has 0 spiro atoms. The van der Waals surface area contributed by atoms with Gasteiger partial charge in [-0.05, 0) is 42.5 Å². The summed E-state index contributed by atoms with van der Waals surface area (Å²) < 4.78 is 5.90. The molecule has 0 saturated heterocycles. The Kier molecular flexibility index (Phi) is 5.77. The van der Waals surface area contributed by atoms with Crippen molar-refractivity contribution in [2.75, 3.05) is 6.54 Å². The quantitative estimate of drug-likeness (QED) is 0.400. The second-order valence-corrected chi connectivity index (χ2v) is 8.76. The van der Waals surface area contributed by atoms with E-state index in [-0.39, 0.29) is 0 Å². The van der Waals surface area contributed by atoms with Crippen LogP contribution in [0.4, 0.5) is 0 Å². The zero-order chi connectivity index (χ0) is 18.5. The Bertz CT molecular complexity index is 960.